The smallest absolute Gasteiger partial charge is 0.297 e. The Morgan fingerprint density at radius 2 is 1.57 bits per heavy atom. The van der Waals surface area contributed by atoms with Crippen molar-refractivity contribution < 1.29 is 28.8 Å². The van der Waals surface area contributed by atoms with E-state index >= 15 is 0 Å². The van der Waals surface area contributed by atoms with Crippen LogP contribution < -0.4 is 29.9 Å². The highest BCUT2D eigenvalue weighted by Gasteiger charge is 2.66. The molecule has 1 aromatic heterocycles. The van der Waals surface area contributed by atoms with E-state index in [2.05, 4.69) is 32.2 Å². The number of hydrogen-bond acceptors (Lipinski definition) is 7. The van der Waals surface area contributed by atoms with Gasteiger partial charge in [0.1, 0.15) is 11.5 Å². The number of amides is 1. The van der Waals surface area contributed by atoms with Gasteiger partial charge in [0.15, 0.2) is 11.4 Å². The van der Waals surface area contributed by atoms with E-state index in [0.29, 0.717) is 24.4 Å². The number of carbonyl (C=O) groups is 1. The average Bonchev–Trinajstić information content (AvgIpc) is 3.51. The normalized spacial score (nSPS) is 22.1. The molecule has 47 heavy (non-hydrogen) atoms. The van der Waals surface area contributed by atoms with E-state index in [0.717, 1.165) is 22.6 Å². The maximum atomic E-state index is 14.9. The van der Waals surface area contributed by atoms with Crippen LogP contribution in [-0.2, 0) is 21.7 Å². The Hall–Kier alpha value is -4.38. The quantitative estimate of drug-likeness (QED) is 0.240. The van der Waals surface area contributed by atoms with Crippen molar-refractivity contribution in [3.63, 3.8) is 0 Å². The fourth-order valence-corrected chi connectivity index (χ4v) is 11.8. The van der Waals surface area contributed by atoms with E-state index in [-0.39, 0.29) is 41.4 Å². The summed E-state index contributed by atoms with van der Waals surface area (Å²) in [4.78, 5) is 29.5. The zero-order valence-electron chi connectivity index (χ0n) is 27.7. The summed E-state index contributed by atoms with van der Waals surface area (Å²) in [5.41, 5.74) is 1.72. The molecule has 0 unspecified atom stereocenters. The third-order valence-electron chi connectivity index (χ3n) is 10.1. The van der Waals surface area contributed by atoms with Crippen LogP contribution in [0.2, 0.25) is 18.6 Å². The maximum absolute atomic E-state index is 14.9. The van der Waals surface area contributed by atoms with Gasteiger partial charge in [-0.05, 0) is 72.1 Å². The summed E-state index contributed by atoms with van der Waals surface area (Å²) in [5.74, 6) is 1.40. The van der Waals surface area contributed by atoms with Crippen molar-refractivity contribution in [3.8, 4) is 22.9 Å². The Labute approximate surface area is 276 Å². The number of hydrogen-bond donors (Lipinski definition) is 1. The Morgan fingerprint density at radius 3 is 2.21 bits per heavy atom. The molecule has 3 heterocycles. The van der Waals surface area contributed by atoms with Crippen LogP contribution in [0.1, 0.15) is 24.5 Å². The second-order valence-corrected chi connectivity index (χ2v) is 17.5. The third kappa shape index (κ3) is 5.34. The number of ether oxygens (including phenoxy) is 4. The molecule has 0 radical (unpaired) electrons. The van der Waals surface area contributed by atoms with Crippen LogP contribution in [0.3, 0.4) is 0 Å². The molecule has 2 aliphatic rings. The summed E-state index contributed by atoms with van der Waals surface area (Å²) in [6.07, 6.45) is 1.81. The lowest BCUT2D eigenvalue weighted by atomic mass is 9.82. The molecule has 1 N–H and O–H groups in total. The van der Waals surface area contributed by atoms with Crippen LogP contribution in [-0.4, -0.2) is 57.7 Å². The van der Waals surface area contributed by atoms with Crippen LogP contribution in [0.4, 0.5) is 5.69 Å². The van der Waals surface area contributed by atoms with E-state index in [1.165, 1.54) is 16.9 Å². The number of rotatable bonds is 10. The minimum absolute atomic E-state index is 0.0338. The minimum Gasteiger partial charge on any atom is -0.497 e. The number of pyridine rings is 1. The molecule has 3 aromatic carbocycles. The molecule has 246 valence electrons. The lowest BCUT2D eigenvalue weighted by Crippen LogP contribution is -2.51. The maximum Gasteiger partial charge on any atom is 0.297 e. The highest BCUT2D eigenvalue weighted by molar-refractivity contribution is 6.91. The Morgan fingerprint density at radius 1 is 0.894 bits per heavy atom. The lowest BCUT2D eigenvalue weighted by Gasteiger charge is -2.37. The number of fused-ring (bicyclic) bond motifs is 2. The van der Waals surface area contributed by atoms with Gasteiger partial charge in [0, 0.05) is 30.0 Å². The van der Waals surface area contributed by atoms with E-state index in [1.54, 1.807) is 37.4 Å². The number of anilines is 1. The average molecular weight is 655 g/mol. The molecule has 2 aliphatic heterocycles. The minimum atomic E-state index is -2.29. The van der Waals surface area contributed by atoms with Crippen molar-refractivity contribution in [2.75, 3.05) is 32.8 Å². The largest absolute Gasteiger partial charge is 0.497 e. The molecule has 4 aromatic rings. The fraction of sp³-hybridized carbons (Fsp3) is 0.351. The molecule has 0 saturated carbocycles. The van der Waals surface area contributed by atoms with Crippen molar-refractivity contribution >= 4 is 24.9 Å². The lowest BCUT2D eigenvalue weighted by molar-refractivity contribution is -0.146. The standard InChI is InChI=1S/C37H42N2O7Si/c1-24-34(47(5,6)29-16-13-27(43-2)14-17-29)32(19-21-40)46-37(24)30-22-28(44-3)15-18-31(30)39(36(37)42)23-25-9-11-26(12-10-25)38-20-7-8-33(45-4)35(38)41/h7-18,20,22,24,32,34,40H,19,21,23H2,1-6H3/t24-,32+,34-,37+/m0/s1. The molecule has 1 amide bonds. The van der Waals surface area contributed by atoms with Gasteiger partial charge < -0.3 is 29.0 Å². The number of aliphatic hydroxyl groups is 1. The van der Waals surface area contributed by atoms with Gasteiger partial charge in [-0.2, -0.15) is 0 Å². The Bertz CT molecular complexity index is 1820. The number of benzene rings is 3. The Balaban J connectivity index is 1.38. The van der Waals surface area contributed by atoms with Crippen LogP contribution in [0.15, 0.2) is 89.9 Å². The predicted molar refractivity (Wildman–Crippen MR) is 184 cm³/mol. The van der Waals surface area contributed by atoms with Crippen LogP contribution in [0.25, 0.3) is 5.69 Å². The summed E-state index contributed by atoms with van der Waals surface area (Å²) in [7, 11) is 2.46. The van der Waals surface area contributed by atoms with Crippen LogP contribution in [0.5, 0.6) is 17.2 Å². The van der Waals surface area contributed by atoms with Gasteiger partial charge in [-0.3, -0.25) is 14.2 Å². The SMILES string of the molecule is COc1ccc([Si](C)(C)[C@@H]2[C@@H](CCO)O[C@]3(C(=O)N(Cc4ccc(-n5cccc(OC)c5=O)cc4)c4ccc(OC)cc43)[C@H]2C)cc1. The molecule has 4 atom stereocenters. The molecule has 1 fully saturated rings. The summed E-state index contributed by atoms with van der Waals surface area (Å²) >= 11 is 0. The summed E-state index contributed by atoms with van der Waals surface area (Å²) in [6.45, 7) is 7.05. The molecule has 1 saturated heterocycles. The molecule has 0 aliphatic carbocycles. The van der Waals surface area contributed by atoms with Crippen molar-refractivity contribution in [1.82, 2.24) is 4.57 Å². The van der Waals surface area contributed by atoms with Gasteiger partial charge in [0.25, 0.3) is 11.5 Å². The van der Waals surface area contributed by atoms with E-state index in [4.69, 9.17) is 18.9 Å². The van der Waals surface area contributed by atoms with Gasteiger partial charge >= 0.3 is 0 Å². The van der Waals surface area contributed by atoms with Crippen molar-refractivity contribution in [2.45, 2.75) is 50.2 Å². The van der Waals surface area contributed by atoms with Crippen LogP contribution >= 0.6 is 0 Å². The first-order chi connectivity index (χ1) is 22.6. The molecule has 1 spiro atoms. The first-order valence-corrected chi connectivity index (χ1v) is 19.0. The topological polar surface area (TPSA) is 99.5 Å². The zero-order chi connectivity index (χ0) is 33.5. The van der Waals surface area contributed by atoms with Gasteiger partial charge in [-0.1, -0.05) is 49.5 Å². The number of aromatic nitrogens is 1. The molecular formula is C37H42N2O7Si. The second kappa shape index (κ2) is 12.7. The zero-order valence-corrected chi connectivity index (χ0v) is 28.7. The van der Waals surface area contributed by atoms with E-state index in [1.807, 2.05) is 54.6 Å². The molecular weight excluding hydrogens is 613 g/mol. The van der Waals surface area contributed by atoms with Crippen molar-refractivity contribution in [2.24, 2.45) is 5.92 Å². The number of methoxy groups -OCH3 is 3. The first-order valence-electron chi connectivity index (χ1n) is 15.9. The number of carbonyl (C=O) groups excluding carboxylic acids is 1. The summed E-state index contributed by atoms with van der Waals surface area (Å²) in [6, 6.07) is 25.0. The van der Waals surface area contributed by atoms with Crippen LogP contribution in [0, 0.1) is 5.92 Å². The van der Waals surface area contributed by atoms with Crippen molar-refractivity contribution in [3.05, 3.63) is 107 Å². The van der Waals surface area contributed by atoms with Gasteiger partial charge in [-0.25, -0.2) is 0 Å². The summed E-state index contributed by atoms with van der Waals surface area (Å²) in [5, 5.41) is 11.4. The van der Waals surface area contributed by atoms with Gasteiger partial charge in [0.2, 0.25) is 0 Å². The summed E-state index contributed by atoms with van der Waals surface area (Å²) < 4.78 is 24.8. The molecule has 10 heteroatoms. The molecule has 0 bridgehead atoms. The number of aliphatic hydroxyl groups excluding tert-OH is 1. The highest BCUT2D eigenvalue weighted by Crippen LogP contribution is 2.60. The monoisotopic (exact) mass is 654 g/mol. The highest BCUT2D eigenvalue weighted by atomic mass is 28.3. The predicted octanol–water partition coefficient (Wildman–Crippen LogP) is 5.01. The van der Waals surface area contributed by atoms with Crippen molar-refractivity contribution in [1.29, 1.82) is 0 Å². The third-order valence-corrected chi connectivity index (χ3v) is 14.5. The molecule has 9 nitrogen and oxygen atoms in total. The second-order valence-electron chi connectivity index (χ2n) is 12.9. The van der Waals surface area contributed by atoms with E-state index < -0.39 is 13.7 Å². The van der Waals surface area contributed by atoms with Gasteiger partial charge in [0.05, 0.1) is 47.7 Å². The van der Waals surface area contributed by atoms with E-state index in [9.17, 15) is 14.7 Å². The Kier molecular flexibility index (Phi) is 8.77. The first kappa shape index (κ1) is 32.6. The number of nitrogens with zero attached hydrogens (tertiary/aromatic N) is 2. The van der Waals surface area contributed by atoms with Gasteiger partial charge in [-0.15, -0.1) is 0 Å². The fourth-order valence-electron chi connectivity index (χ4n) is 7.75. The molecule has 6 rings (SSSR count).